The van der Waals surface area contributed by atoms with E-state index in [1.807, 2.05) is 0 Å². The van der Waals surface area contributed by atoms with Gasteiger partial charge in [0.05, 0.1) is 24.2 Å². The lowest BCUT2D eigenvalue weighted by molar-refractivity contribution is -0.116. The minimum absolute atomic E-state index is 0.0925. The molecule has 4 aromatic heterocycles. The first-order valence-electron chi connectivity index (χ1n) is 11.5. The molecule has 0 radical (unpaired) electrons. The topological polar surface area (TPSA) is 162 Å². The van der Waals surface area contributed by atoms with E-state index in [0.29, 0.717) is 21.8 Å². The molecule has 1 aliphatic carbocycles. The van der Waals surface area contributed by atoms with E-state index in [4.69, 9.17) is 9.05 Å². The van der Waals surface area contributed by atoms with E-state index < -0.39 is 0 Å². The number of hydrogen-bond acceptors (Lipinski definition) is 12. The van der Waals surface area contributed by atoms with Gasteiger partial charge in [-0.2, -0.15) is 0 Å². The highest BCUT2D eigenvalue weighted by Crippen LogP contribution is 2.43. The van der Waals surface area contributed by atoms with Crippen LogP contribution in [0.2, 0.25) is 0 Å². The normalized spacial score (nSPS) is 17.7. The number of aryl methyl sites for hydroxylation is 2. The molecular weight excluding hydrogens is 504 g/mol. The van der Waals surface area contributed by atoms with Crippen LogP contribution in [0.25, 0.3) is 0 Å². The summed E-state index contributed by atoms with van der Waals surface area (Å²) in [4.78, 5) is 24.6. The van der Waals surface area contributed by atoms with Crippen molar-refractivity contribution in [1.29, 1.82) is 0 Å². The molecule has 0 spiro atoms. The standard InChI is InChI=1S/C22H24N8O4S2/c1-11-6-15(33-29-11)9-17(31)23-21-27-25-19(35-21)13-4-3-5-14(8-13)20-26-28-22(36-20)24-18(32)10-16-7-12(2)30-34-16/h6-7,13-14H,3-5,8-10H2,1-2H3,(H,23,27,31)(H,24,28,32). The van der Waals surface area contributed by atoms with Crippen molar-refractivity contribution in [2.75, 3.05) is 10.6 Å². The second kappa shape index (κ2) is 10.6. The second-order valence-electron chi connectivity index (χ2n) is 8.77. The van der Waals surface area contributed by atoms with Gasteiger partial charge in [0.15, 0.2) is 0 Å². The second-order valence-corrected chi connectivity index (χ2v) is 10.8. The Morgan fingerprint density at radius 3 is 1.72 bits per heavy atom. The van der Waals surface area contributed by atoms with Gasteiger partial charge in [0, 0.05) is 24.0 Å². The zero-order chi connectivity index (χ0) is 25.1. The highest BCUT2D eigenvalue weighted by atomic mass is 32.1. The van der Waals surface area contributed by atoms with Crippen molar-refractivity contribution >= 4 is 44.8 Å². The number of nitrogens with one attached hydrogen (secondary N) is 2. The Bertz CT molecular complexity index is 1260. The summed E-state index contributed by atoms with van der Waals surface area (Å²) >= 11 is 2.79. The van der Waals surface area contributed by atoms with Crippen LogP contribution in [-0.4, -0.2) is 42.5 Å². The summed E-state index contributed by atoms with van der Waals surface area (Å²) in [7, 11) is 0. The molecule has 2 N–H and O–H groups in total. The third kappa shape index (κ3) is 5.99. The summed E-state index contributed by atoms with van der Waals surface area (Å²) in [5, 5.41) is 32.9. The number of amides is 2. The van der Waals surface area contributed by atoms with Crippen molar-refractivity contribution in [2.45, 2.75) is 64.2 Å². The van der Waals surface area contributed by atoms with Gasteiger partial charge in [0.2, 0.25) is 22.1 Å². The quantitative estimate of drug-likeness (QED) is 0.344. The van der Waals surface area contributed by atoms with Crippen LogP contribution in [0, 0.1) is 13.8 Å². The molecule has 0 aromatic carbocycles. The number of aromatic nitrogens is 6. The van der Waals surface area contributed by atoms with Gasteiger partial charge in [-0.3, -0.25) is 9.59 Å². The Labute approximate surface area is 213 Å². The van der Waals surface area contributed by atoms with Crippen molar-refractivity contribution in [1.82, 2.24) is 30.7 Å². The maximum atomic E-state index is 12.3. The zero-order valence-electron chi connectivity index (χ0n) is 19.7. The average molecular weight is 529 g/mol. The van der Waals surface area contributed by atoms with E-state index in [0.717, 1.165) is 47.1 Å². The van der Waals surface area contributed by atoms with Crippen LogP contribution in [0.4, 0.5) is 10.3 Å². The molecule has 14 heteroatoms. The van der Waals surface area contributed by atoms with Crippen molar-refractivity contribution in [3.63, 3.8) is 0 Å². The lowest BCUT2D eigenvalue weighted by Gasteiger charge is -2.25. The maximum absolute atomic E-state index is 12.3. The minimum Gasteiger partial charge on any atom is -0.361 e. The van der Waals surface area contributed by atoms with Crippen LogP contribution in [0.1, 0.15) is 70.4 Å². The molecule has 0 aliphatic heterocycles. The monoisotopic (exact) mass is 528 g/mol. The first-order chi connectivity index (χ1) is 17.4. The van der Waals surface area contributed by atoms with Gasteiger partial charge >= 0.3 is 0 Å². The van der Waals surface area contributed by atoms with Crippen molar-refractivity contribution in [2.24, 2.45) is 0 Å². The fourth-order valence-electron chi connectivity index (χ4n) is 4.18. The van der Waals surface area contributed by atoms with E-state index in [9.17, 15) is 9.59 Å². The Morgan fingerprint density at radius 2 is 1.31 bits per heavy atom. The predicted octanol–water partition coefficient (Wildman–Crippen LogP) is 3.79. The fraction of sp³-hybridized carbons (Fsp3) is 0.455. The van der Waals surface area contributed by atoms with E-state index in [1.54, 1.807) is 26.0 Å². The van der Waals surface area contributed by atoms with E-state index in [-0.39, 0.29) is 36.5 Å². The Kier molecular flexibility index (Phi) is 7.13. The Hall–Kier alpha value is -3.52. The summed E-state index contributed by atoms with van der Waals surface area (Å²) in [5.41, 5.74) is 1.46. The smallest absolute Gasteiger partial charge is 0.233 e. The largest absolute Gasteiger partial charge is 0.361 e. The summed E-state index contributed by atoms with van der Waals surface area (Å²) < 4.78 is 10.2. The molecule has 4 aromatic rings. The van der Waals surface area contributed by atoms with Gasteiger partial charge in [0.25, 0.3) is 0 Å². The van der Waals surface area contributed by atoms with Crippen molar-refractivity contribution < 1.29 is 18.6 Å². The summed E-state index contributed by atoms with van der Waals surface area (Å²) in [5.74, 6) is 1.01. The zero-order valence-corrected chi connectivity index (χ0v) is 21.3. The molecule has 36 heavy (non-hydrogen) atoms. The van der Waals surface area contributed by atoms with Gasteiger partial charge in [0.1, 0.15) is 21.5 Å². The minimum atomic E-state index is -0.225. The SMILES string of the molecule is Cc1cc(CC(=O)Nc2nnc(C3CCCC(c4nnc(NC(=O)Cc5cc(C)no5)s4)C3)s2)on1. The van der Waals surface area contributed by atoms with Gasteiger partial charge in [-0.1, -0.05) is 39.4 Å². The molecule has 2 unspecified atom stereocenters. The number of nitrogens with zero attached hydrogens (tertiary/aromatic N) is 6. The molecule has 2 atom stereocenters. The predicted molar refractivity (Wildman–Crippen MR) is 131 cm³/mol. The van der Waals surface area contributed by atoms with E-state index >= 15 is 0 Å². The first kappa shape index (κ1) is 24.2. The molecule has 188 valence electrons. The molecule has 0 bridgehead atoms. The molecule has 1 saturated carbocycles. The molecule has 5 rings (SSSR count). The third-order valence-electron chi connectivity index (χ3n) is 5.77. The number of anilines is 2. The number of rotatable bonds is 8. The van der Waals surface area contributed by atoms with Gasteiger partial charge in [-0.15, -0.1) is 20.4 Å². The van der Waals surface area contributed by atoms with E-state index in [2.05, 4.69) is 41.3 Å². The Morgan fingerprint density at radius 1 is 0.833 bits per heavy atom. The number of hydrogen-bond donors (Lipinski definition) is 2. The van der Waals surface area contributed by atoms with Crippen molar-refractivity contribution in [3.05, 3.63) is 45.1 Å². The molecule has 1 aliphatic rings. The average Bonchev–Trinajstić information content (AvgIpc) is 3.64. The van der Waals surface area contributed by atoms with Gasteiger partial charge in [-0.25, -0.2) is 0 Å². The number of carbonyl (C=O) groups is 2. The van der Waals surface area contributed by atoms with Crippen LogP contribution in [0.5, 0.6) is 0 Å². The van der Waals surface area contributed by atoms with Gasteiger partial charge < -0.3 is 19.7 Å². The fourth-order valence-corrected chi connectivity index (χ4v) is 6.00. The maximum Gasteiger partial charge on any atom is 0.233 e. The molecule has 2 amide bonds. The number of carbonyl (C=O) groups excluding carboxylic acids is 2. The third-order valence-corrected chi connectivity index (χ3v) is 7.77. The first-order valence-corrected chi connectivity index (χ1v) is 13.2. The summed E-state index contributed by atoms with van der Waals surface area (Å²) in [6.45, 7) is 3.61. The highest BCUT2D eigenvalue weighted by Gasteiger charge is 2.29. The molecular formula is C22H24N8O4S2. The summed E-state index contributed by atoms with van der Waals surface area (Å²) in [6, 6.07) is 3.46. The van der Waals surface area contributed by atoms with Crippen LogP contribution >= 0.6 is 22.7 Å². The molecule has 0 saturated heterocycles. The van der Waals surface area contributed by atoms with E-state index in [1.165, 1.54) is 22.7 Å². The van der Waals surface area contributed by atoms with Gasteiger partial charge in [-0.05, 0) is 33.1 Å². The lowest BCUT2D eigenvalue weighted by Crippen LogP contribution is -2.13. The van der Waals surface area contributed by atoms with Crippen LogP contribution in [-0.2, 0) is 22.4 Å². The Balaban J connectivity index is 1.15. The molecule has 12 nitrogen and oxygen atoms in total. The van der Waals surface area contributed by atoms with Crippen molar-refractivity contribution in [3.8, 4) is 0 Å². The van der Waals surface area contributed by atoms with Crippen LogP contribution in [0.3, 0.4) is 0 Å². The van der Waals surface area contributed by atoms with Crippen LogP contribution < -0.4 is 10.6 Å². The molecule has 4 heterocycles. The summed E-state index contributed by atoms with van der Waals surface area (Å²) in [6.07, 6.45) is 4.06. The lowest BCUT2D eigenvalue weighted by atomic mass is 9.82. The highest BCUT2D eigenvalue weighted by molar-refractivity contribution is 7.15. The van der Waals surface area contributed by atoms with Crippen LogP contribution in [0.15, 0.2) is 21.2 Å². The molecule has 1 fully saturated rings.